The molecule has 2 rings (SSSR count). The Labute approximate surface area is 102 Å². The van der Waals surface area contributed by atoms with Crippen molar-refractivity contribution in [3.8, 4) is 5.69 Å². The van der Waals surface area contributed by atoms with Gasteiger partial charge in [0.25, 0.3) is 0 Å². The van der Waals surface area contributed by atoms with Crippen LogP contribution in [0.3, 0.4) is 0 Å². The first-order chi connectivity index (χ1) is 8.15. The lowest BCUT2D eigenvalue weighted by atomic mass is 10.0. The van der Waals surface area contributed by atoms with Crippen LogP contribution in [0.25, 0.3) is 5.69 Å². The third-order valence-corrected chi connectivity index (χ3v) is 3.19. The Kier molecular flexibility index (Phi) is 3.29. The molecule has 90 valence electrons. The molecule has 0 bridgehead atoms. The Morgan fingerprint density at radius 1 is 1.29 bits per heavy atom. The maximum Gasteiger partial charge on any atom is 0.0997 e. The van der Waals surface area contributed by atoms with E-state index in [2.05, 4.69) is 4.98 Å². The normalized spacial score (nSPS) is 12.7. The fourth-order valence-electron chi connectivity index (χ4n) is 1.95. The van der Waals surface area contributed by atoms with Gasteiger partial charge in [0.15, 0.2) is 0 Å². The van der Waals surface area contributed by atoms with Crippen LogP contribution in [0.4, 0.5) is 0 Å². The van der Waals surface area contributed by atoms with Gasteiger partial charge in [-0.2, -0.15) is 0 Å². The third-order valence-electron chi connectivity index (χ3n) is 3.19. The van der Waals surface area contributed by atoms with E-state index in [1.807, 2.05) is 55.9 Å². The number of aliphatic hydroxyl groups is 1. The summed E-state index contributed by atoms with van der Waals surface area (Å²) in [7, 11) is 0. The Morgan fingerprint density at radius 2 is 2.00 bits per heavy atom. The number of nitrogens with zero attached hydrogens (tertiary/aromatic N) is 2. The molecule has 17 heavy (non-hydrogen) atoms. The summed E-state index contributed by atoms with van der Waals surface area (Å²) in [6.07, 6.45) is 2.10. The minimum atomic E-state index is -0.423. The second kappa shape index (κ2) is 4.72. The number of aromatic nitrogens is 2. The van der Waals surface area contributed by atoms with Crippen LogP contribution in [-0.4, -0.2) is 14.7 Å². The SMILES string of the molecule is CCC(O)c1ccccc1-n1cnc(C)c1C. The van der Waals surface area contributed by atoms with Crippen LogP contribution < -0.4 is 0 Å². The summed E-state index contributed by atoms with van der Waals surface area (Å²) in [5.74, 6) is 0. The molecule has 0 aliphatic heterocycles. The topological polar surface area (TPSA) is 38.0 Å². The molecule has 0 aliphatic rings. The van der Waals surface area contributed by atoms with Crippen LogP contribution in [0.2, 0.25) is 0 Å². The molecule has 1 unspecified atom stereocenters. The van der Waals surface area contributed by atoms with Gasteiger partial charge in [0, 0.05) is 11.3 Å². The maximum atomic E-state index is 10.0. The zero-order valence-electron chi connectivity index (χ0n) is 10.5. The smallest absolute Gasteiger partial charge is 0.0997 e. The van der Waals surface area contributed by atoms with Crippen molar-refractivity contribution in [1.82, 2.24) is 9.55 Å². The van der Waals surface area contributed by atoms with Gasteiger partial charge in [-0.3, -0.25) is 0 Å². The van der Waals surface area contributed by atoms with Crippen molar-refractivity contribution in [3.05, 3.63) is 47.5 Å². The lowest BCUT2D eigenvalue weighted by Gasteiger charge is -2.15. The first kappa shape index (κ1) is 11.9. The lowest BCUT2D eigenvalue weighted by Crippen LogP contribution is -2.04. The minimum Gasteiger partial charge on any atom is -0.388 e. The molecule has 3 heteroatoms. The van der Waals surface area contributed by atoms with Crippen LogP contribution in [0.5, 0.6) is 0 Å². The highest BCUT2D eigenvalue weighted by Crippen LogP contribution is 2.25. The van der Waals surface area contributed by atoms with Crippen molar-refractivity contribution >= 4 is 0 Å². The Bertz CT molecular complexity index is 517. The quantitative estimate of drug-likeness (QED) is 0.880. The molecule has 2 aromatic rings. The molecule has 0 saturated heterocycles. The third kappa shape index (κ3) is 2.11. The minimum absolute atomic E-state index is 0.423. The van der Waals surface area contributed by atoms with Crippen molar-refractivity contribution in [2.45, 2.75) is 33.3 Å². The first-order valence-corrected chi connectivity index (χ1v) is 5.93. The van der Waals surface area contributed by atoms with E-state index < -0.39 is 6.10 Å². The number of hydrogen-bond acceptors (Lipinski definition) is 2. The van der Waals surface area contributed by atoms with E-state index in [9.17, 15) is 5.11 Å². The van der Waals surface area contributed by atoms with E-state index in [4.69, 9.17) is 0 Å². The molecule has 3 nitrogen and oxygen atoms in total. The molecule has 1 aromatic carbocycles. The summed E-state index contributed by atoms with van der Waals surface area (Å²) < 4.78 is 2.03. The van der Waals surface area contributed by atoms with Gasteiger partial charge < -0.3 is 9.67 Å². The van der Waals surface area contributed by atoms with Crippen LogP contribution in [0.1, 0.15) is 36.4 Å². The molecule has 0 radical (unpaired) electrons. The van der Waals surface area contributed by atoms with E-state index in [-0.39, 0.29) is 0 Å². The Morgan fingerprint density at radius 3 is 2.59 bits per heavy atom. The molecule has 1 aromatic heterocycles. The number of rotatable bonds is 3. The Balaban J connectivity index is 2.56. The summed E-state index contributed by atoms with van der Waals surface area (Å²) in [5.41, 5.74) is 4.10. The number of aryl methyl sites for hydroxylation is 1. The number of aliphatic hydroxyl groups excluding tert-OH is 1. The Hall–Kier alpha value is -1.61. The zero-order valence-corrected chi connectivity index (χ0v) is 10.5. The molecule has 1 N–H and O–H groups in total. The monoisotopic (exact) mass is 230 g/mol. The predicted octanol–water partition coefficient (Wildman–Crippen LogP) is 2.93. The highest BCUT2D eigenvalue weighted by atomic mass is 16.3. The molecule has 0 aliphatic carbocycles. The van der Waals surface area contributed by atoms with Gasteiger partial charge in [-0.1, -0.05) is 25.1 Å². The van der Waals surface area contributed by atoms with E-state index in [1.54, 1.807) is 0 Å². The molecule has 0 amide bonds. The second-order valence-corrected chi connectivity index (χ2v) is 4.27. The van der Waals surface area contributed by atoms with Crippen molar-refractivity contribution in [3.63, 3.8) is 0 Å². The summed E-state index contributed by atoms with van der Waals surface area (Å²) in [4.78, 5) is 4.30. The first-order valence-electron chi connectivity index (χ1n) is 5.93. The maximum absolute atomic E-state index is 10.0. The zero-order chi connectivity index (χ0) is 12.4. The summed E-state index contributed by atoms with van der Waals surface area (Å²) in [5, 5.41) is 10.0. The fourth-order valence-corrected chi connectivity index (χ4v) is 1.95. The van der Waals surface area contributed by atoms with Crippen molar-refractivity contribution in [2.75, 3.05) is 0 Å². The van der Waals surface area contributed by atoms with Crippen molar-refractivity contribution < 1.29 is 5.11 Å². The van der Waals surface area contributed by atoms with E-state index in [1.165, 1.54) is 0 Å². The van der Waals surface area contributed by atoms with E-state index in [0.29, 0.717) is 6.42 Å². The van der Waals surface area contributed by atoms with Gasteiger partial charge >= 0.3 is 0 Å². The van der Waals surface area contributed by atoms with E-state index >= 15 is 0 Å². The predicted molar refractivity (Wildman–Crippen MR) is 68.3 cm³/mol. The standard InChI is InChI=1S/C14H18N2O/c1-4-14(17)12-7-5-6-8-13(12)16-9-15-10(2)11(16)3/h5-9,14,17H,4H2,1-3H3. The lowest BCUT2D eigenvalue weighted by molar-refractivity contribution is 0.173. The molecule has 1 heterocycles. The number of para-hydroxylation sites is 1. The number of imidazole rings is 1. The summed E-state index contributed by atoms with van der Waals surface area (Å²) in [6.45, 7) is 6.01. The highest BCUT2D eigenvalue weighted by molar-refractivity contribution is 5.44. The average Bonchev–Trinajstić information content (AvgIpc) is 2.69. The van der Waals surface area contributed by atoms with Gasteiger partial charge in [-0.15, -0.1) is 0 Å². The molecule has 0 spiro atoms. The van der Waals surface area contributed by atoms with Crippen molar-refractivity contribution in [2.24, 2.45) is 0 Å². The molecular formula is C14H18N2O. The van der Waals surface area contributed by atoms with Gasteiger partial charge in [0.1, 0.15) is 0 Å². The molecule has 1 atom stereocenters. The number of benzene rings is 1. The van der Waals surface area contributed by atoms with Crippen LogP contribution in [0, 0.1) is 13.8 Å². The largest absolute Gasteiger partial charge is 0.388 e. The molecular weight excluding hydrogens is 212 g/mol. The summed E-state index contributed by atoms with van der Waals surface area (Å²) in [6, 6.07) is 7.92. The van der Waals surface area contributed by atoms with Crippen LogP contribution >= 0.6 is 0 Å². The van der Waals surface area contributed by atoms with Crippen LogP contribution in [0.15, 0.2) is 30.6 Å². The fraction of sp³-hybridized carbons (Fsp3) is 0.357. The van der Waals surface area contributed by atoms with Gasteiger partial charge in [-0.25, -0.2) is 4.98 Å². The molecule has 0 fully saturated rings. The van der Waals surface area contributed by atoms with Gasteiger partial charge in [0.05, 0.1) is 23.8 Å². The van der Waals surface area contributed by atoms with Gasteiger partial charge in [-0.05, 0) is 26.3 Å². The van der Waals surface area contributed by atoms with Crippen molar-refractivity contribution in [1.29, 1.82) is 0 Å². The number of hydrogen-bond donors (Lipinski definition) is 1. The van der Waals surface area contributed by atoms with Crippen LogP contribution in [-0.2, 0) is 0 Å². The van der Waals surface area contributed by atoms with E-state index in [0.717, 1.165) is 22.6 Å². The highest BCUT2D eigenvalue weighted by Gasteiger charge is 2.13. The summed E-state index contributed by atoms with van der Waals surface area (Å²) >= 11 is 0. The average molecular weight is 230 g/mol. The molecule has 0 saturated carbocycles. The van der Waals surface area contributed by atoms with Gasteiger partial charge in [0.2, 0.25) is 0 Å². The second-order valence-electron chi connectivity index (χ2n) is 4.27.